The van der Waals surface area contributed by atoms with E-state index in [2.05, 4.69) is 10.6 Å². The SMILES string of the molecule is CCc1ccc(NC(=O)COC(=O)CN2C(=O)N[C@](C)(c3ccc(OC)cc3)C2=O)cc1. The number of esters is 1. The lowest BCUT2D eigenvalue weighted by atomic mass is 9.92. The third kappa shape index (κ3) is 4.88. The minimum absolute atomic E-state index is 0.525. The van der Waals surface area contributed by atoms with E-state index < -0.39 is 42.5 Å². The Labute approximate surface area is 185 Å². The van der Waals surface area contributed by atoms with Crippen LogP contribution in [-0.2, 0) is 31.1 Å². The predicted molar refractivity (Wildman–Crippen MR) is 116 cm³/mol. The molecule has 0 aromatic heterocycles. The second-order valence-corrected chi connectivity index (χ2v) is 7.43. The second-order valence-electron chi connectivity index (χ2n) is 7.43. The number of amides is 4. The van der Waals surface area contributed by atoms with Crippen LogP contribution in [0.5, 0.6) is 5.75 Å². The first kappa shape index (κ1) is 22.8. The fraction of sp³-hybridized carbons (Fsp3) is 0.304. The number of nitrogens with one attached hydrogen (secondary N) is 2. The van der Waals surface area contributed by atoms with Crippen molar-refractivity contribution in [3.63, 3.8) is 0 Å². The van der Waals surface area contributed by atoms with Crippen molar-refractivity contribution in [1.29, 1.82) is 0 Å². The molecule has 32 heavy (non-hydrogen) atoms. The minimum Gasteiger partial charge on any atom is -0.497 e. The minimum atomic E-state index is -1.33. The van der Waals surface area contributed by atoms with E-state index in [1.165, 1.54) is 7.11 Å². The molecule has 9 heteroatoms. The number of nitrogens with zero attached hydrogens (tertiary/aromatic N) is 1. The van der Waals surface area contributed by atoms with Gasteiger partial charge in [0.25, 0.3) is 11.8 Å². The van der Waals surface area contributed by atoms with Crippen molar-refractivity contribution in [3.8, 4) is 5.75 Å². The highest BCUT2D eigenvalue weighted by atomic mass is 16.5. The summed E-state index contributed by atoms with van der Waals surface area (Å²) in [5.74, 6) is -1.38. The molecule has 0 saturated carbocycles. The molecule has 1 fully saturated rings. The first-order valence-electron chi connectivity index (χ1n) is 10.1. The van der Waals surface area contributed by atoms with Crippen LogP contribution in [0, 0.1) is 0 Å². The van der Waals surface area contributed by atoms with Gasteiger partial charge in [0.15, 0.2) is 6.61 Å². The van der Waals surface area contributed by atoms with Crippen molar-refractivity contribution in [2.45, 2.75) is 25.8 Å². The molecule has 1 aliphatic heterocycles. The summed E-state index contributed by atoms with van der Waals surface area (Å²) >= 11 is 0. The number of hydrogen-bond donors (Lipinski definition) is 2. The zero-order valence-electron chi connectivity index (χ0n) is 18.1. The fourth-order valence-electron chi connectivity index (χ4n) is 3.30. The summed E-state index contributed by atoms with van der Waals surface area (Å²) < 4.78 is 10.0. The Bertz CT molecular complexity index is 1020. The molecule has 0 aliphatic carbocycles. The van der Waals surface area contributed by atoms with E-state index in [1.54, 1.807) is 43.3 Å². The number of carbonyl (C=O) groups excluding carboxylic acids is 4. The van der Waals surface area contributed by atoms with Crippen molar-refractivity contribution >= 4 is 29.5 Å². The van der Waals surface area contributed by atoms with Crippen molar-refractivity contribution in [1.82, 2.24) is 10.2 Å². The van der Waals surface area contributed by atoms with E-state index in [1.807, 2.05) is 19.1 Å². The van der Waals surface area contributed by atoms with Gasteiger partial charge in [0.1, 0.15) is 17.8 Å². The van der Waals surface area contributed by atoms with Gasteiger partial charge in [-0.3, -0.25) is 19.3 Å². The van der Waals surface area contributed by atoms with Gasteiger partial charge < -0.3 is 20.1 Å². The van der Waals surface area contributed by atoms with Gasteiger partial charge in [0.2, 0.25) is 0 Å². The summed E-state index contributed by atoms with van der Waals surface area (Å²) in [6.07, 6.45) is 0.881. The lowest BCUT2D eigenvalue weighted by Gasteiger charge is -2.22. The van der Waals surface area contributed by atoms with E-state index in [0.717, 1.165) is 16.9 Å². The van der Waals surface area contributed by atoms with E-state index >= 15 is 0 Å². The number of methoxy groups -OCH3 is 1. The van der Waals surface area contributed by atoms with Crippen LogP contribution in [0.4, 0.5) is 10.5 Å². The van der Waals surface area contributed by atoms with Crippen LogP contribution in [0.3, 0.4) is 0 Å². The molecule has 0 radical (unpaired) electrons. The summed E-state index contributed by atoms with van der Waals surface area (Å²) in [6.45, 7) is 2.44. The Morgan fingerprint density at radius 1 is 1.06 bits per heavy atom. The molecular weight excluding hydrogens is 414 g/mol. The summed E-state index contributed by atoms with van der Waals surface area (Å²) in [5.41, 5.74) is 0.921. The maximum Gasteiger partial charge on any atom is 0.326 e. The van der Waals surface area contributed by atoms with Crippen molar-refractivity contribution < 1.29 is 28.7 Å². The van der Waals surface area contributed by atoms with E-state index in [9.17, 15) is 19.2 Å². The molecule has 1 aliphatic rings. The highest BCUT2D eigenvalue weighted by molar-refractivity contribution is 6.09. The van der Waals surface area contributed by atoms with E-state index in [-0.39, 0.29) is 0 Å². The normalized spacial score (nSPS) is 17.7. The molecule has 2 aromatic carbocycles. The monoisotopic (exact) mass is 439 g/mol. The first-order valence-corrected chi connectivity index (χ1v) is 10.1. The Balaban J connectivity index is 1.55. The second kappa shape index (κ2) is 9.51. The molecule has 0 spiro atoms. The number of urea groups is 1. The van der Waals surface area contributed by atoms with Gasteiger partial charge >= 0.3 is 12.0 Å². The molecule has 0 unspecified atom stereocenters. The van der Waals surface area contributed by atoms with Crippen molar-refractivity contribution in [2.75, 3.05) is 25.6 Å². The molecule has 168 valence electrons. The molecule has 1 heterocycles. The van der Waals surface area contributed by atoms with Gasteiger partial charge in [-0.15, -0.1) is 0 Å². The largest absolute Gasteiger partial charge is 0.497 e. The van der Waals surface area contributed by atoms with Crippen molar-refractivity contribution in [3.05, 3.63) is 59.7 Å². The zero-order chi connectivity index (χ0) is 23.3. The van der Waals surface area contributed by atoms with E-state index in [4.69, 9.17) is 9.47 Å². The zero-order valence-corrected chi connectivity index (χ0v) is 18.1. The van der Waals surface area contributed by atoms with Gasteiger partial charge in [-0.1, -0.05) is 31.2 Å². The maximum absolute atomic E-state index is 12.9. The summed E-state index contributed by atoms with van der Waals surface area (Å²) in [5, 5.41) is 5.22. The highest BCUT2D eigenvalue weighted by Gasteiger charge is 2.49. The van der Waals surface area contributed by atoms with Gasteiger partial charge in [-0.05, 0) is 48.7 Å². The van der Waals surface area contributed by atoms with Crippen LogP contribution in [0.2, 0.25) is 0 Å². The van der Waals surface area contributed by atoms with Crippen LogP contribution >= 0.6 is 0 Å². The third-order valence-electron chi connectivity index (χ3n) is 5.24. The molecule has 1 saturated heterocycles. The molecule has 1 atom stereocenters. The Kier molecular flexibility index (Phi) is 6.77. The smallest absolute Gasteiger partial charge is 0.326 e. The standard InChI is InChI=1S/C23H25N3O6/c1-4-15-5-9-17(10-6-15)24-19(27)14-32-20(28)13-26-21(29)23(2,25-22(26)30)16-7-11-18(31-3)12-8-16/h5-12H,4,13-14H2,1-3H3,(H,24,27)(H,25,30)/t23-/m1/s1. The molecule has 2 N–H and O–H groups in total. The first-order chi connectivity index (χ1) is 15.3. The van der Waals surface area contributed by atoms with Crippen LogP contribution in [-0.4, -0.2) is 49.0 Å². The Morgan fingerprint density at radius 3 is 2.31 bits per heavy atom. The lowest BCUT2D eigenvalue weighted by molar-refractivity contribution is -0.150. The van der Waals surface area contributed by atoms with E-state index in [0.29, 0.717) is 17.0 Å². The number of aryl methyl sites for hydroxylation is 1. The Hall–Kier alpha value is -3.88. The molecule has 0 bridgehead atoms. The summed E-state index contributed by atoms with van der Waals surface area (Å²) in [6, 6.07) is 13.2. The van der Waals surface area contributed by atoms with Gasteiger partial charge in [-0.25, -0.2) is 4.79 Å². The molecule has 3 rings (SSSR count). The molecule has 4 amide bonds. The predicted octanol–water partition coefficient (Wildman–Crippen LogP) is 2.21. The number of hydrogen-bond acceptors (Lipinski definition) is 6. The Morgan fingerprint density at radius 2 is 1.72 bits per heavy atom. The number of rotatable bonds is 8. The summed E-state index contributed by atoms with van der Waals surface area (Å²) in [7, 11) is 1.52. The van der Waals surface area contributed by atoms with Gasteiger partial charge in [0.05, 0.1) is 7.11 Å². The third-order valence-corrected chi connectivity index (χ3v) is 5.24. The number of ether oxygens (including phenoxy) is 2. The van der Waals surface area contributed by atoms with Crippen LogP contribution in [0.15, 0.2) is 48.5 Å². The topological polar surface area (TPSA) is 114 Å². The van der Waals surface area contributed by atoms with Crippen LogP contribution in [0.1, 0.15) is 25.0 Å². The molecule has 9 nitrogen and oxygen atoms in total. The quantitative estimate of drug-likeness (QED) is 0.482. The van der Waals surface area contributed by atoms with Gasteiger partial charge in [-0.2, -0.15) is 0 Å². The number of carbonyl (C=O) groups is 4. The average Bonchev–Trinajstić information content (AvgIpc) is 3.02. The maximum atomic E-state index is 12.9. The number of anilines is 1. The highest BCUT2D eigenvalue weighted by Crippen LogP contribution is 2.29. The fourth-order valence-corrected chi connectivity index (χ4v) is 3.30. The molecular formula is C23H25N3O6. The average molecular weight is 439 g/mol. The van der Waals surface area contributed by atoms with Crippen LogP contribution in [0.25, 0.3) is 0 Å². The summed E-state index contributed by atoms with van der Waals surface area (Å²) in [4.78, 5) is 50.2. The van der Waals surface area contributed by atoms with Crippen LogP contribution < -0.4 is 15.4 Å². The lowest BCUT2D eigenvalue weighted by Crippen LogP contribution is -2.41. The van der Waals surface area contributed by atoms with Gasteiger partial charge in [0, 0.05) is 5.69 Å². The number of imide groups is 1. The van der Waals surface area contributed by atoms with Crippen molar-refractivity contribution in [2.24, 2.45) is 0 Å². The molecule has 2 aromatic rings. The number of benzene rings is 2.